The third kappa shape index (κ3) is 4.10. The van der Waals surface area contributed by atoms with Crippen LogP contribution in [-0.4, -0.2) is 24.0 Å². The first-order valence-corrected chi connectivity index (χ1v) is 6.73. The lowest BCUT2D eigenvalue weighted by Crippen LogP contribution is -2.26. The SMILES string of the molecule is N#CCCN(Cc1ccccc1C#CCN)C1CC1. The third-order valence-electron chi connectivity index (χ3n) is 3.29. The topological polar surface area (TPSA) is 53.0 Å². The number of nitrogens with two attached hydrogens (primary N) is 1. The fraction of sp³-hybridized carbons (Fsp3) is 0.438. The quantitative estimate of drug-likeness (QED) is 0.815. The molecule has 1 fully saturated rings. The molecule has 1 aromatic rings. The molecule has 2 N–H and O–H groups in total. The highest BCUT2D eigenvalue weighted by Crippen LogP contribution is 2.28. The van der Waals surface area contributed by atoms with Crippen molar-refractivity contribution in [3.05, 3.63) is 35.4 Å². The second-order valence-electron chi connectivity index (χ2n) is 4.77. The van der Waals surface area contributed by atoms with Crippen molar-refractivity contribution in [3.8, 4) is 17.9 Å². The van der Waals surface area contributed by atoms with E-state index in [1.807, 2.05) is 18.2 Å². The van der Waals surface area contributed by atoms with Crippen molar-refractivity contribution in [1.29, 1.82) is 5.26 Å². The van der Waals surface area contributed by atoms with Crippen molar-refractivity contribution < 1.29 is 0 Å². The molecular weight excluding hydrogens is 234 g/mol. The van der Waals surface area contributed by atoms with Gasteiger partial charge in [0.2, 0.25) is 0 Å². The molecule has 0 bridgehead atoms. The molecule has 0 unspecified atom stereocenters. The molecule has 0 aliphatic heterocycles. The first-order chi connectivity index (χ1) is 9.35. The van der Waals surface area contributed by atoms with Crippen LogP contribution in [0.3, 0.4) is 0 Å². The Morgan fingerprint density at radius 3 is 2.79 bits per heavy atom. The summed E-state index contributed by atoms with van der Waals surface area (Å²) in [7, 11) is 0. The molecule has 0 saturated heterocycles. The lowest BCUT2D eigenvalue weighted by molar-refractivity contribution is 0.260. The Morgan fingerprint density at radius 2 is 2.11 bits per heavy atom. The molecule has 3 heteroatoms. The zero-order valence-electron chi connectivity index (χ0n) is 11.1. The molecule has 1 saturated carbocycles. The van der Waals surface area contributed by atoms with Crippen LogP contribution >= 0.6 is 0 Å². The van der Waals surface area contributed by atoms with Crippen LogP contribution in [0.15, 0.2) is 24.3 Å². The van der Waals surface area contributed by atoms with Gasteiger partial charge >= 0.3 is 0 Å². The van der Waals surface area contributed by atoms with Crippen LogP contribution in [0.2, 0.25) is 0 Å². The second kappa shape index (κ2) is 6.95. The maximum Gasteiger partial charge on any atom is 0.0635 e. The van der Waals surface area contributed by atoms with Crippen molar-refractivity contribution in [3.63, 3.8) is 0 Å². The minimum absolute atomic E-state index is 0.384. The first-order valence-electron chi connectivity index (χ1n) is 6.73. The predicted molar refractivity (Wildman–Crippen MR) is 76.0 cm³/mol. The van der Waals surface area contributed by atoms with Gasteiger partial charge in [-0.05, 0) is 24.5 Å². The van der Waals surface area contributed by atoms with Gasteiger partial charge in [-0.2, -0.15) is 5.26 Å². The van der Waals surface area contributed by atoms with Gasteiger partial charge < -0.3 is 5.73 Å². The molecule has 0 radical (unpaired) electrons. The average Bonchev–Trinajstić information content (AvgIpc) is 3.26. The zero-order chi connectivity index (χ0) is 13.5. The van der Waals surface area contributed by atoms with Crippen LogP contribution in [0.25, 0.3) is 0 Å². The van der Waals surface area contributed by atoms with Gasteiger partial charge in [0, 0.05) is 31.1 Å². The van der Waals surface area contributed by atoms with Crippen molar-refractivity contribution >= 4 is 0 Å². The van der Waals surface area contributed by atoms with Gasteiger partial charge in [0.25, 0.3) is 0 Å². The molecule has 98 valence electrons. The Bertz CT molecular complexity index is 515. The van der Waals surface area contributed by atoms with E-state index in [0.717, 1.165) is 18.7 Å². The second-order valence-corrected chi connectivity index (χ2v) is 4.77. The fourth-order valence-electron chi connectivity index (χ4n) is 2.17. The predicted octanol–water partition coefficient (Wildman–Crippen LogP) is 1.87. The Kier molecular flexibility index (Phi) is 4.98. The molecule has 0 heterocycles. The molecule has 1 aliphatic rings. The lowest BCUT2D eigenvalue weighted by atomic mass is 10.1. The number of rotatable bonds is 5. The summed E-state index contributed by atoms with van der Waals surface area (Å²) in [6.45, 7) is 2.11. The van der Waals surface area contributed by atoms with Crippen LogP contribution in [0, 0.1) is 23.2 Å². The fourth-order valence-corrected chi connectivity index (χ4v) is 2.17. The van der Waals surface area contributed by atoms with Crippen molar-refractivity contribution in [2.75, 3.05) is 13.1 Å². The third-order valence-corrected chi connectivity index (χ3v) is 3.29. The van der Waals surface area contributed by atoms with Crippen molar-refractivity contribution in [2.45, 2.75) is 31.8 Å². The Morgan fingerprint density at radius 1 is 1.32 bits per heavy atom. The molecule has 19 heavy (non-hydrogen) atoms. The molecular formula is C16H19N3. The normalized spacial score (nSPS) is 13.7. The lowest BCUT2D eigenvalue weighted by Gasteiger charge is -2.21. The van der Waals surface area contributed by atoms with E-state index in [9.17, 15) is 0 Å². The van der Waals surface area contributed by atoms with Gasteiger partial charge in [-0.1, -0.05) is 30.0 Å². The highest BCUT2D eigenvalue weighted by atomic mass is 15.2. The van der Waals surface area contributed by atoms with Crippen molar-refractivity contribution in [1.82, 2.24) is 4.90 Å². The molecule has 0 aromatic heterocycles. The summed E-state index contributed by atoms with van der Waals surface area (Å²) in [5.41, 5.74) is 7.71. The molecule has 2 rings (SSSR count). The summed E-state index contributed by atoms with van der Waals surface area (Å²) in [6, 6.07) is 11.1. The van der Waals surface area contributed by atoms with Crippen LogP contribution in [0.1, 0.15) is 30.4 Å². The largest absolute Gasteiger partial charge is 0.320 e. The molecule has 1 aliphatic carbocycles. The summed E-state index contributed by atoms with van der Waals surface area (Å²) in [4.78, 5) is 2.40. The smallest absolute Gasteiger partial charge is 0.0635 e. The summed E-state index contributed by atoms with van der Waals surface area (Å²) < 4.78 is 0. The number of nitrogens with zero attached hydrogens (tertiary/aromatic N) is 2. The maximum absolute atomic E-state index is 8.74. The summed E-state index contributed by atoms with van der Waals surface area (Å²) in [6.07, 6.45) is 3.09. The highest BCUT2D eigenvalue weighted by molar-refractivity contribution is 5.41. The molecule has 0 spiro atoms. The molecule has 3 nitrogen and oxygen atoms in total. The van der Waals surface area contributed by atoms with E-state index >= 15 is 0 Å². The standard InChI is InChI=1S/C16H19N3/c17-10-3-7-14-5-1-2-6-15(14)13-19(12-4-11-18)16-8-9-16/h1-2,5-6,16H,4,8-10,12-13,17H2. The van der Waals surface area contributed by atoms with Gasteiger partial charge in [-0.15, -0.1) is 0 Å². The van der Waals surface area contributed by atoms with Gasteiger partial charge in [-0.25, -0.2) is 0 Å². The zero-order valence-corrected chi connectivity index (χ0v) is 11.1. The summed E-state index contributed by atoms with van der Waals surface area (Å²) >= 11 is 0. The van der Waals surface area contributed by atoms with E-state index in [-0.39, 0.29) is 0 Å². The highest BCUT2D eigenvalue weighted by Gasteiger charge is 2.28. The Balaban J connectivity index is 2.10. The van der Waals surface area contributed by atoms with E-state index in [4.69, 9.17) is 11.0 Å². The summed E-state index contributed by atoms with van der Waals surface area (Å²) in [5.74, 6) is 6.04. The van der Waals surface area contributed by atoms with E-state index in [1.54, 1.807) is 0 Å². The number of hydrogen-bond donors (Lipinski definition) is 1. The van der Waals surface area contributed by atoms with Gasteiger partial charge in [-0.3, -0.25) is 4.90 Å². The van der Waals surface area contributed by atoms with Crippen molar-refractivity contribution in [2.24, 2.45) is 5.73 Å². The monoisotopic (exact) mass is 253 g/mol. The molecule has 0 amide bonds. The summed E-state index contributed by atoms with van der Waals surface area (Å²) in [5, 5.41) is 8.74. The van der Waals surface area contributed by atoms with E-state index in [1.165, 1.54) is 18.4 Å². The van der Waals surface area contributed by atoms with Crippen LogP contribution in [-0.2, 0) is 6.54 Å². The van der Waals surface area contributed by atoms with Gasteiger partial charge in [0.15, 0.2) is 0 Å². The van der Waals surface area contributed by atoms with Crippen LogP contribution < -0.4 is 5.73 Å². The van der Waals surface area contributed by atoms with E-state index in [2.05, 4.69) is 28.9 Å². The number of benzene rings is 1. The average molecular weight is 253 g/mol. The molecule has 0 atom stereocenters. The maximum atomic E-state index is 8.74. The van der Waals surface area contributed by atoms with E-state index < -0.39 is 0 Å². The Labute approximate surface area is 115 Å². The van der Waals surface area contributed by atoms with Crippen LogP contribution in [0.5, 0.6) is 0 Å². The minimum atomic E-state index is 0.384. The van der Waals surface area contributed by atoms with Gasteiger partial charge in [0.05, 0.1) is 12.6 Å². The van der Waals surface area contributed by atoms with Gasteiger partial charge in [0.1, 0.15) is 0 Å². The number of nitriles is 1. The Hall–Kier alpha value is -1.81. The van der Waals surface area contributed by atoms with Crippen LogP contribution in [0.4, 0.5) is 0 Å². The molecule has 1 aromatic carbocycles. The first kappa shape index (κ1) is 13.6. The number of hydrogen-bond acceptors (Lipinski definition) is 3. The minimum Gasteiger partial charge on any atom is -0.320 e. The van der Waals surface area contributed by atoms with E-state index in [0.29, 0.717) is 19.0 Å².